The molecule has 3 aliphatic rings. The molecule has 9 heavy (non-hydrogen) atoms. The molecular weight excluding hydrogens is 108 g/mol. The van der Waals surface area contributed by atoms with Crippen molar-refractivity contribution < 1.29 is 0 Å². The van der Waals surface area contributed by atoms with Gasteiger partial charge in [-0.1, -0.05) is 6.92 Å². The van der Waals surface area contributed by atoms with Crippen LogP contribution < -0.4 is 0 Å². The lowest BCUT2D eigenvalue weighted by molar-refractivity contribution is 0.334. The van der Waals surface area contributed by atoms with Crippen molar-refractivity contribution in [2.24, 2.45) is 23.2 Å². The van der Waals surface area contributed by atoms with E-state index < -0.39 is 0 Å². The van der Waals surface area contributed by atoms with Crippen molar-refractivity contribution in [3.8, 4) is 0 Å². The summed E-state index contributed by atoms with van der Waals surface area (Å²) in [6.45, 7) is 2.52. The quantitative estimate of drug-likeness (QED) is 0.463. The number of hydrogen-bond donors (Lipinski definition) is 0. The maximum Gasteiger partial charge on any atom is -0.0263 e. The Morgan fingerprint density at radius 2 is 2.22 bits per heavy atom. The Kier molecular flexibility index (Phi) is 0.574. The summed E-state index contributed by atoms with van der Waals surface area (Å²) in [5.41, 5.74) is 0.878. The SMILES string of the molecule is C[C@@]12C[C@H]1[C@@H]1CC[C@H]2C1. The van der Waals surface area contributed by atoms with E-state index in [1.54, 1.807) is 25.7 Å². The van der Waals surface area contributed by atoms with Gasteiger partial charge in [-0.05, 0) is 48.9 Å². The first kappa shape index (κ1) is 4.76. The summed E-state index contributed by atoms with van der Waals surface area (Å²) < 4.78 is 0. The maximum atomic E-state index is 2.52. The first-order chi connectivity index (χ1) is 4.31. The molecule has 0 aromatic heterocycles. The highest BCUT2D eigenvalue weighted by molar-refractivity contribution is 5.14. The van der Waals surface area contributed by atoms with Crippen LogP contribution in [0.2, 0.25) is 0 Å². The summed E-state index contributed by atoms with van der Waals surface area (Å²) >= 11 is 0. The van der Waals surface area contributed by atoms with Gasteiger partial charge in [-0.2, -0.15) is 0 Å². The Bertz CT molecular complexity index is 161. The van der Waals surface area contributed by atoms with E-state index in [4.69, 9.17) is 0 Å². The molecule has 3 fully saturated rings. The standard InChI is InChI=1S/C9H14/c1-9-5-8(9)6-2-3-7(9)4-6/h6-8H,2-5H2,1H3/t6-,7+,8+,9+/m1/s1. The topological polar surface area (TPSA) is 0 Å². The van der Waals surface area contributed by atoms with Gasteiger partial charge in [-0.15, -0.1) is 0 Å². The molecule has 3 rings (SSSR count). The van der Waals surface area contributed by atoms with Gasteiger partial charge in [0.1, 0.15) is 0 Å². The Balaban J connectivity index is 2.04. The Morgan fingerprint density at radius 3 is 2.67 bits per heavy atom. The second kappa shape index (κ2) is 1.09. The average Bonchev–Trinajstić information content (AvgIpc) is 2.34. The zero-order valence-corrected chi connectivity index (χ0v) is 6.06. The molecule has 50 valence electrons. The third-order valence-electron chi connectivity index (χ3n) is 4.32. The summed E-state index contributed by atoms with van der Waals surface area (Å²) in [7, 11) is 0. The van der Waals surface area contributed by atoms with Gasteiger partial charge in [-0.3, -0.25) is 0 Å². The van der Waals surface area contributed by atoms with Gasteiger partial charge in [-0.25, -0.2) is 0 Å². The molecule has 0 nitrogen and oxygen atoms in total. The average molecular weight is 122 g/mol. The van der Waals surface area contributed by atoms with E-state index >= 15 is 0 Å². The van der Waals surface area contributed by atoms with Gasteiger partial charge in [0.25, 0.3) is 0 Å². The highest BCUT2D eigenvalue weighted by Crippen LogP contribution is 2.74. The molecule has 0 heteroatoms. The molecule has 0 N–H and O–H groups in total. The monoisotopic (exact) mass is 122 g/mol. The van der Waals surface area contributed by atoms with Gasteiger partial charge in [0.2, 0.25) is 0 Å². The van der Waals surface area contributed by atoms with Crippen LogP contribution in [0.5, 0.6) is 0 Å². The molecule has 0 aromatic carbocycles. The van der Waals surface area contributed by atoms with Crippen LogP contribution in [-0.2, 0) is 0 Å². The van der Waals surface area contributed by atoms with Crippen molar-refractivity contribution in [1.82, 2.24) is 0 Å². The second-order valence-electron chi connectivity index (χ2n) is 4.59. The lowest BCUT2D eigenvalue weighted by Gasteiger charge is -2.16. The lowest BCUT2D eigenvalue weighted by Crippen LogP contribution is -2.08. The van der Waals surface area contributed by atoms with E-state index in [2.05, 4.69) is 6.92 Å². The fourth-order valence-corrected chi connectivity index (χ4v) is 3.57. The largest absolute Gasteiger partial charge is 0.0591 e. The number of hydrogen-bond acceptors (Lipinski definition) is 0. The molecule has 3 saturated carbocycles. The molecule has 0 unspecified atom stereocenters. The molecule has 4 atom stereocenters. The third-order valence-corrected chi connectivity index (χ3v) is 4.32. The van der Waals surface area contributed by atoms with Crippen LogP contribution in [0.15, 0.2) is 0 Å². The maximum absolute atomic E-state index is 2.52. The van der Waals surface area contributed by atoms with Gasteiger partial charge < -0.3 is 0 Å². The molecule has 0 aliphatic heterocycles. The van der Waals surface area contributed by atoms with Crippen molar-refractivity contribution in [2.45, 2.75) is 32.6 Å². The Hall–Kier alpha value is 0. The summed E-state index contributed by atoms with van der Waals surface area (Å²) in [5.74, 6) is 3.53. The van der Waals surface area contributed by atoms with Crippen molar-refractivity contribution in [2.75, 3.05) is 0 Å². The normalized spacial score (nSPS) is 68.3. The number of rotatable bonds is 0. The molecule has 0 radical (unpaired) electrons. The van der Waals surface area contributed by atoms with E-state index in [0.717, 1.165) is 11.3 Å². The minimum atomic E-state index is 0.878. The van der Waals surface area contributed by atoms with Crippen LogP contribution in [0, 0.1) is 23.2 Å². The summed E-state index contributed by atoms with van der Waals surface area (Å²) in [6, 6.07) is 0. The van der Waals surface area contributed by atoms with Crippen LogP contribution in [0.3, 0.4) is 0 Å². The highest BCUT2D eigenvalue weighted by Gasteiger charge is 2.65. The van der Waals surface area contributed by atoms with Crippen molar-refractivity contribution in [3.05, 3.63) is 0 Å². The Labute approximate surface area is 56.6 Å². The molecular formula is C9H14. The lowest BCUT2D eigenvalue weighted by atomic mass is 9.89. The van der Waals surface area contributed by atoms with Crippen molar-refractivity contribution in [1.29, 1.82) is 0 Å². The van der Waals surface area contributed by atoms with Gasteiger partial charge in [0.05, 0.1) is 0 Å². The zero-order valence-electron chi connectivity index (χ0n) is 6.06. The molecule has 0 aromatic rings. The van der Waals surface area contributed by atoms with E-state index in [-0.39, 0.29) is 0 Å². The van der Waals surface area contributed by atoms with Gasteiger partial charge in [0.15, 0.2) is 0 Å². The van der Waals surface area contributed by atoms with Gasteiger partial charge in [0, 0.05) is 0 Å². The van der Waals surface area contributed by atoms with Crippen LogP contribution in [-0.4, -0.2) is 0 Å². The van der Waals surface area contributed by atoms with E-state index in [0.29, 0.717) is 0 Å². The number of fused-ring (bicyclic) bond motifs is 5. The predicted octanol–water partition coefficient (Wildman–Crippen LogP) is 2.44. The molecule has 3 aliphatic carbocycles. The van der Waals surface area contributed by atoms with E-state index in [9.17, 15) is 0 Å². The fourth-order valence-electron chi connectivity index (χ4n) is 3.57. The van der Waals surface area contributed by atoms with Crippen molar-refractivity contribution in [3.63, 3.8) is 0 Å². The highest BCUT2D eigenvalue weighted by atomic mass is 14.7. The van der Waals surface area contributed by atoms with E-state index in [1.165, 1.54) is 11.8 Å². The van der Waals surface area contributed by atoms with E-state index in [1.807, 2.05) is 0 Å². The first-order valence-corrected chi connectivity index (χ1v) is 4.31. The fraction of sp³-hybridized carbons (Fsp3) is 1.00. The molecule has 0 heterocycles. The zero-order chi connectivity index (χ0) is 6.06. The van der Waals surface area contributed by atoms with Gasteiger partial charge >= 0.3 is 0 Å². The Morgan fingerprint density at radius 1 is 1.33 bits per heavy atom. The first-order valence-electron chi connectivity index (χ1n) is 4.31. The second-order valence-corrected chi connectivity index (χ2v) is 4.59. The van der Waals surface area contributed by atoms with Crippen LogP contribution >= 0.6 is 0 Å². The van der Waals surface area contributed by atoms with Crippen LogP contribution in [0.4, 0.5) is 0 Å². The molecule has 0 amide bonds. The summed E-state index contributed by atoms with van der Waals surface area (Å²) in [6.07, 6.45) is 6.33. The minimum absolute atomic E-state index is 0.878. The third kappa shape index (κ3) is 0.367. The molecule has 0 saturated heterocycles. The smallest absolute Gasteiger partial charge is 0.0263 e. The summed E-state index contributed by atoms with van der Waals surface area (Å²) in [4.78, 5) is 0. The van der Waals surface area contributed by atoms with Crippen LogP contribution in [0.25, 0.3) is 0 Å². The molecule has 0 spiro atoms. The summed E-state index contributed by atoms with van der Waals surface area (Å²) in [5, 5.41) is 0. The molecule has 2 bridgehead atoms. The van der Waals surface area contributed by atoms with Crippen molar-refractivity contribution >= 4 is 0 Å². The van der Waals surface area contributed by atoms with Crippen LogP contribution in [0.1, 0.15) is 32.6 Å². The predicted molar refractivity (Wildman–Crippen MR) is 37.0 cm³/mol. The minimum Gasteiger partial charge on any atom is -0.0591 e.